The average molecular weight is 388 g/mol. The van der Waals surface area contributed by atoms with Gasteiger partial charge >= 0.3 is 0 Å². The van der Waals surface area contributed by atoms with Crippen LogP contribution in [-0.2, 0) is 11.3 Å². The first-order valence-electron chi connectivity index (χ1n) is 9.06. The molecule has 1 aromatic carbocycles. The number of halogens is 1. The van der Waals surface area contributed by atoms with E-state index >= 15 is 0 Å². The Hall–Kier alpha value is -2.38. The third kappa shape index (κ3) is 3.70. The van der Waals surface area contributed by atoms with Gasteiger partial charge in [-0.2, -0.15) is 9.97 Å². The second kappa shape index (κ2) is 7.70. The zero-order valence-corrected chi connectivity index (χ0v) is 16.2. The molecule has 0 radical (unpaired) electrons. The Bertz CT molecular complexity index is 935. The van der Waals surface area contributed by atoms with Gasteiger partial charge < -0.3 is 14.8 Å². The van der Waals surface area contributed by atoms with Crippen LogP contribution < -0.4 is 10.1 Å². The minimum absolute atomic E-state index is 0.0517. The maximum atomic E-state index is 6.20. The molecular formula is C19H22ClN5O2. The molecule has 1 unspecified atom stereocenters. The normalized spacial score (nSPS) is 17.2. The van der Waals surface area contributed by atoms with Gasteiger partial charge in [0.1, 0.15) is 17.8 Å². The Morgan fingerprint density at radius 3 is 2.74 bits per heavy atom. The van der Waals surface area contributed by atoms with E-state index in [1.807, 2.05) is 35.8 Å². The molecule has 0 bridgehead atoms. The highest BCUT2D eigenvalue weighted by molar-refractivity contribution is 6.28. The molecule has 0 aliphatic carbocycles. The molecule has 1 N–H and O–H groups in total. The lowest BCUT2D eigenvalue weighted by atomic mass is 10.2. The summed E-state index contributed by atoms with van der Waals surface area (Å²) in [5.74, 6) is 2.30. The summed E-state index contributed by atoms with van der Waals surface area (Å²) < 4.78 is 13.2. The van der Waals surface area contributed by atoms with Gasteiger partial charge in [-0.3, -0.25) is 4.57 Å². The van der Waals surface area contributed by atoms with Gasteiger partial charge in [0, 0.05) is 13.2 Å². The Morgan fingerprint density at radius 1 is 1.22 bits per heavy atom. The van der Waals surface area contributed by atoms with Crippen molar-refractivity contribution in [2.45, 2.75) is 39.0 Å². The van der Waals surface area contributed by atoms with Crippen LogP contribution in [0.4, 0.5) is 5.82 Å². The number of aromatic nitrogens is 4. The summed E-state index contributed by atoms with van der Waals surface area (Å²) in [5.41, 5.74) is 2.52. The lowest BCUT2D eigenvalue weighted by Gasteiger charge is -2.25. The van der Waals surface area contributed by atoms with Crippen LogP contribution in [0.5, 0.6) is 5.75 Å². The highest BCUT2D eigenvalue weighted by atomic mass is 35.5. The molecule has 1 saturated heterocycles. The van der Waals surface area contributed by atoms with Crippen LogP contribution in [0.3, 0.4) is 0 Å². The number of fused-ring (bicyclic) bond motifs is 1. The Balaban J connectivity index is 1.64. The zero-order chi connectivity index (χ0) is 18.8. The van der Waals surface area contributed by atoms with Crippen molar-refractivity contribution in [3.63, 3.8) is 0 Å². The van der Waals surface area contributed by atoms with Crippen LogP contribution in [0.1, 0.15) is 36.9 Å². The van der Waals surface area contributed by atoms with Crippen molar-refractivity contribution in [1.29, 1.82) is 0 Å². The summed E-state index contributed by atoms with van der Waals surface area (Å²) in [6.07, 6.45) is 3.12. The lowest BCUT2D eigenvalue weighted by molar-refractivity contribution is -0.0309. The predicted molar refractivity (Wildman–Crippen MR) is 104 cm³/mol. The topological polar surface area (TPSA) is 74.1 Å². The molecule has 0 amide bonds. The Labute approximate surface area is 162 Å². The molecule has 2 aromatic heterocycles. The molecule has 1 fully saturated rings. The van der Waals surface area contributed by atoms with E-state index in [0.29, 0.717) is 23.5 Å². The van der Waals surface area contributed by atoms with Gasteiger partial charge in [0.05, 0.1) is 7.11 Å². The molecule has 1 aliphatic rings. The molecule has 3 heterocycles. The van der Waals surface area contributed by atoms with Crippen LogP contribution in [0, 0.1) is 6.92 Å². The van der Waals surface area contributed by atoms with E-state index in [1.165, 1.54) is 0 Å². The summed E-state index contributed by atoms with van der Waals surface area (Å²) >= 11 is 6.20. The number of nitrogens with zero attached hydrogens (tertiary/aromatic N) is 4. The summed E-state index contributed by atoms with van der Waals surface area (Å²) in [4.78, 5) is 13.5. The van der Waals surface area contributed by atoms with E-state index in [0.717, 1.165) is 43.0 Å². The third-order valence-electron chi connectivity index (χ3n) is 4.75. The van der Waals surface area contributed by atoms with Gasteiger partial charge in [-0.25, -0.2) is 4.98 Å². The van der Waals surface area contributed by atoms with E-state index in [2.05, 4.69) is 20.3 Å². The summed E-state index contributed by atoms with van der Waals surface area (Å²) in [6, 6.07) is 7.87. The first-order chi connectivity index (χ1) is 13.2. The quantitative estimate of drug-likeness (QED) is 0.664. The number of anilines is 1. The molecular weight excluding hydrogens is 366 g/mol. The molecule has 7 nitrogen and oxygen atoms in total. The van der Waals surface area contributed by atoms with E-state index < -0.39 is 0 Å². The number of methoxy groups -OCH3 is 1. The first kappa shape index (κ1) is 18.0. The van der Waals surface area contributed by atoms with Crippen LogP contribution in [0.2, 0.25) is 5.28 Å². The SMILES string of the molecule is COc1ccc(CNc2nc(Cl)nc3c2nc(C)n3C2CCCCO2)cc1. The number of benzene rings is 1. The van der Waals surface area contributed by atoms with E-state index in [-0.39, 0.29) is 11.5 Å². The minimum atomic E-state index is -0.0517. The molecule has 3 aromatic rings. The van der Waals surface area contributed by atoms with Crippen molar-refractivity contribution in [2.24, 2.45) is 0 Å². The van der Waals surface area contributed by atoms with Crippen molar-refractivity contribution in [1.82, 2.24) is 19.5 Å². The van der Waals surface area contributed by atoms with Crippen LogP contribution in [0.25, 0.3) is 11.2 Å². The standard InChI is InChI=1S/C19H22ClN5O2/c1-12-22-16-17(21-11-13-6-8-14(26-2)9-7-13)23-19(20)24-18(16)25(12)15-5-3-4-10-27-15/h6-9,15H,3-5,10-11H2,1-2H3,(H,21,23,24). The number of ether oxygens (including phenoxy) is 2. The fourth-order valence-electron chi connectivity index (χ4n) is 3.38. The highest BCUT2D eigenvalue weighted by Gasteiger charge is 2.23. The fraction of sp³-hybridized carbons (Fsp3) is 0.421. The summed E-state index contributed by atoms with van der Waals surface area (Å²) in [5, 5.41) is 3.52. The van der Waals surface area contributed by atoms with Crippen molar-refractivity contribution < 1.29 is 9.47 Å². The van der Waals surface area contributed by atoms with E-state index in [9.17, 15) is 0 Å². The Morgan fingerprint density at radius 2 is 2.04 bits per heavy atom. The number of hydrogen-bond donors (Lipinski definition) is 1. The monoisotopic (exact) mass is 387 g/mol. The average Bonchev–Trinajstić information content (AvgIpc) is 3.03. The van der Waals surface area contributed by atoms with Crippen LogP contribution in [-0.4, -0.2) is 33.2 Å². The minimum Gasteiger partial charge on any atom is -0.497 e. The maximum absolute atomic E-state index is 6.20. The predicted octanol–water partition coefficient (Wildman–Crippen LogP) is 4.11. The largest absolute Gasteiger partial charge is 0.497 e. The molecule has 142 valence electrons. The van der Waals surface area contributed by atoms with Gasteiger partial charge in [0.15, 0.2) is 17.0 Å². The lowest BCUT2D eigenvalue weighted by Crippen LogP contribution is -2.19. The van der Waals surface area contributed by atoms with Crippen LogP contribution >= 0.6 is 11.6 Å². The third-order valence-corrected chi connectivity index (χ3v) is 4.92. The fourth-order valence-corrected chi connectivity index (χ4v) is 3.55. The molecule has 8 heteroatoms. The van der Waals surface area contributed by atoms with Gasteiger partial charge in [-0.15, -0.1) is 0 Å². The molecule has 4 rings (SSSR count). The van der Waals surface area contributed by atoms with E-state index in [1.54, 1.807) is 7.11 Å². The van der Waals surface area contributed by atoms with Crippen molar-refractivity contribution in [3.05, 3.63) is 40.9 Å². The van der Waals surface area contributed by atoms with E-state index in [4.69, 9.17) is 21.1 Å². The maximum Gasteiger partial charge on any atom is 0.226 e. The number of imidazole rings is 1. The summed E-state index contributed by atoms with van der Waals surface area (Å²) in [7, 11) is 1.65. The molecule has 0 spiro atoms. The molecule has 27 heavy (non-hydrogen) atoms. The first-order valence-corrected chi connectivity index (χ1v) is 9.44. The van der Waals surface area contributed by atoms with Crippen LogP contribution in [0.15, 0.2) is 24.3 Å². The second-order valence-corrected chi connectivity index (χ2v) is 6.90. The number of aryl methyl sites for hydroxylation is 1. The van der Waals surface area contributed by atoms with Crippen molar-refractivity contribution in [3.8, 4) is 5.75 Å². The molecule has 0 saturated carbocycles. The molecule has 1 atom stereocenters. The number of nitrogens with one attached hydrogen (secondary N) is 1. The summed E-state index contributed by atoms with van der Waals surface area (Å²) in [6.45, 7) is 3.31. The van der Waals surface area contributed by atoms with Gasteiger partial charge in [0.25, 0.3) is 0 Å². The van der Waals surface area contributed by atoms with Crippen molar-refractivity contribution in [2.75, 3.05) is 19.0 Å². The smallest absolute Gasteiger partial charge is 0.226 e. The zero-order valence-electron chi connectivity index (χ0n) is 15.4. The second-order valence-electron chi connectivity index (χ2n) is 6.57. The van der Waals surface area contributed by atoms with Crippen molar-refractivity contribution >= 4 is 28.6 Å². The van der Waals surface area contributed by atoms with Gasteiger partial charge in [0.2, 0.25) is 5.28 Å². The Kier molecular flexibility index (Phi) is 5.13. The molecule has 1 aliphatic heterocycles. The highest BCUT2D eigenvalue weighted by Crippen LogP contribution is 2.30. The number of hydrogen-bond acceptors (Lipinski definition) is 6. The van der Waals surface area contributed by atoms with Gasteiger partial charge in [-0.05, 0) is 55.5 Å². The van der Waals surface area contributed by atoms with Gasteiger partial charge in [-0.1, -0.05) is 12.1 Å². The number of rotatable bonds is 5.